The first-order valence-electron chi connectivity index (χ1n) is 15.7. The topological polar surface area (TPSA) is 73.2 Å². The van der Waals surface area contributed by atoms with Crippen LogP contribution in [0.3, 0.4) is 0 Å². The van der Waals surface area contributed by atoms with E-state index in [1.54, 1.807) is 23.9 Å². The van der Waals surface area contributed by atoms with E-state index in [2.05, 4.69) is 14.5 Å². The molecule has 3 aliphatic rings. The van der Waals surface area contributed by atoms with Crippen molar-refractivity contribution >= 4 is 28.7 Å². The van der Waals surface area contributed by atoms with Crippen LogP contribution < -0.4 is 9.64 Å². The average molecular weight is 642 g/mol. The van der Waals surface area contributed by atoms with Crippen molar-refractivity contribution in [2.75, 3.05) is 45.3 Å². The summed E-state index contributed by atoms with van der Waals surface area (Å²) in [5.41, 5.74) is 3.74. The lowest BCUT2D eigenvalue weighted by molar-refractivity contribution is -0.178. The number of esters is 1. The number of ether oxygens (including phenoxy) is 3. The molecule has 2 saturated heterocycles. The minimum Gasteiger partial charge on any atom is -0.496 e. The quantitative estimate of drug-likeness (QED) is 0.261. The molecule has 3 heterocycles. The normalized spacial score (nSPS) is 18.4. The molecule has 8 nitrogen and oxygen atoms in total. The fraction of sp³-hybridized carbons (Fsp3) is 0.556. The first-order chi connectivity index (χ1) is 21.2. The lowest BCUT2D eigenvalue weighted by Crippen LogP contribution is -2.52. The third-order valence-corrected chi connectivity index (χ3v) is 9.09. The molecule has 2 aliphatic heterocycles. The van der Waals surface area contributed by atoms with Gasteiger partial charge in [0.1, 0.15) is 11.4 Å². The number of hydrogen-bond donors (Lipinski definition) is 0. The number of aryl methyl sites for hydroxylation is 1. The van der Waals surface area contributed by atoms with Gasteiger partial charge in [0.2, 0.25) is 5.92 Å². The summed E-state index contributed by atoms with van der Waals surface area (Å²) in [4.78, 5) is 28.5. The second-order valence-corrected chi connectivity index (χ2v) is 13.7. The van der Waals surface area contributed by atoms with Gasteiger partial charge in [-0.25, -0.2) is 18.4 Å². The lowest BCUT2D eigenvalue weighted by atomic mass is 9.61. The lowest BCUT2D eigenvalue weighted by Gasteiger charge is -2.51. The first kappa shape index (κ1) is 35.2. The highest BCUT2D eigenvalue weighted by Gasteiger charge is 2.56. The zero-order chi connectivity index (χ0) is 32.6. The Labute approximate surface area is 271 Å². The van der Waals surface area contributed by atoms with Crippen molar-refractivity contribution in [3.8, 4) is 5.75 Å². The largest absolute Gasteiger partial charge is 0.496 e. The molecule has 3 aromatic rings. The van der Waals surface area contributed by atoms with Gasteiger partial charge in [-0.1, -0.05) is 13.5 Å². The van der Waals surface area contributed by atoms with Gasteiger partial charge < -0.3 is 19.1 Å². The third-order valence-electron chi connectivity index (χ3n) is 9.09. The fourth-order valence-electron chi connectivity index (χ4n) is 6.70. The van der Waals surface area contributed by atoms with Gasteiger partial charge in [-0.3, -0.25) is 9.47 Å². The average Bonchev–Trinajstić information content (AvgIpc) is 3.39. The van der Waals surface area contributed by atoms with Crippen molar-refractivity contribution < 1.29 is 32.6 Å². The number of nitrogens with zero attached hydrogens (tertiary/aromatic N) is 3. The summed E-state index contributed by atoms with van der Waals surface area (Å²) < 4.78 is 44.3. The molecule has 252 valence electrons. The van der Waals surface area contributed by atoms with Gasteiger partial charge in [0, 0.05) is 55.3 Å². The Hall–Kier alpha value is -3.66. The molecule has 0 atom stereocenters. The summed E-state index contributed by atoms with van der Waals surface area (Å²) in [5, 5.41) is 0.957. The Morgan fingerprint density at radius 2 is 1.65 bits per heavy atom. The number of rotatable bonds is 5. The summed E-state index contributed by atoms with van der Waals surface area (Å²) in [7, 11) is 3.05. The number of anilines is 1. The van der Waals surface area contributed by atoms with Crippen molar-refractivity contribution in [3.05, 3.63) is 59.3 Å². The van der Waals surface area contributed by atoms with E-state index in [4.69, 9.17) is 9.47 Å². The molecular formula is C36H49F2N3O5. The SMILES string of the molecule is C.COC(=O)c1cccc(N2CCC2)c1.COc1cc(C)c2c(ccn2C(=O)OC(C)(C)C)c1CN1CCC2(CC1)CC(F)(F)C2. The number of likely N-dealkylation sites (tertiary alicyclic amines) is 1. The number of aromatic nitrogens is 1. The highest BCUT2D eigenvalue weighted by Crippen LogP contribution is 2.57. The van der Waals surface area contributed by atoms with Crippen molar-refractivity contribution in [2.24, 2.45) is 5.41 Å². The summed E-state index contributed by atoms with van der Waals surface area (Å²) in [6.07, 6.45) is 4.25. The first-order valence-corrected chi connectivity index (χ1v) is 15.7. The molecule has 0 radical (unpaired) electrons. The van der Waals surface area contributed by atoms with E-state index in [-0.39, 0.29) is 31.7 Å². The van der Waals surface area contributed by atoms with Crippen LogP contribution in [-0.2, 0) is 16.0 Å². The molecule has 1 spiro atoms. The molecule has 1 saturated carbocycles. The molecule has 0 bridgehead atoms. The third kappa shape index (κ3) is 7.65. The zero-order valence-electron chi connectivity index (χ0n) is 27.3. The second kappa shape index (κ2) is 13.6. The Balaban J connectivity index is 0.000000268. The zero-order valence-corrected chi connectivity index (χ0v) is 27.3. The van der Waals surface area contributed by atoms with Crippen LogP contribution in [0, 0.1) is 12.3 Å². The Morgan fingerprint density at radius 1 is 0.978 bits per heavy atom. The molecule has 0 N–H and O–H groups in total. The molecule has 0 amide bonds. The number of halogens is 2. The number of methoxy groups -OCH3 is 2. The van der Waals surface area contributed by atoms with E-state index in [1.807, 2.05) is 58.0 Å². The smallest absolute Gasteiger partial charge is 0.419 e. The molecule has 1 aliphatic carbocycles. The monoisotopic (exact) mass is 641 g/mol. The summed E-state index contributed by atoms with van der Waals surface area (Å²) in [6, 6.07) is 11.4. The Morgan fingerprint density at radius 3 is 2.20 bits per heavy atom. The number of alkyl halides is 2. The van der Waals surface area contributed by atoms with Crippen LogP contribution in [0.25, 0.3) is 10.9 Å². The highest BCUT2D eigenvalue weighted by atomic mass is 19.3. The van der Waals surface area contributed by atoms with Crippen LogP contribution in [0.5, 0.6) is 5.75 Å². The van der Waals surface area contributed by atoms with E-state index < -0.39 is 17.6 Å². The summed E-state index contributed by atoms with van der Waals surface area (Å²) >= 11 is 0. The minimum absolute atomic E-state index is 0. The van der Waals surface area contributed by atoms with E-state index >= 15 is 0 Å². The predicted octanol–water partition coefficient (Wildman–Crippen LogP) is 8.07. The number of carbonyl (C=O) groups excluding carboxylic acids is 2. The van der Waals surface area contributed by atoms with Crippen LogP contribution in [-0.4, -0.2) is 73.5 Å². The molecular weight excluding hydrogens is 592 g/mol. The van der Waals surface area contributed by atoms with Gasteiger partial charge in [-0.05, 0) is 101 Å². The van der Waals surface area contributed by atoms with Crippen LogP contribution in [0.1, 0.15) is 81.8 Å². The van der Waals surface area contributed by atoms with Crippen LogP contribution in [0.2, 0.25) is 0 Å². The summed E-state index contributed by atoms with van der Waals surface area (Å²) in [6.45, 7) is 11.9. The van der Waals surface area contributed by atoms with E-state index in [0.29, 0.717) is 12.1 Å². The highest BCUT2D eigenvalue weighted by molar-refractivity contribution is 5.95. The van der Waals surface area contributed by atoms with Crippen LogP contribution in [0.4, 0.5) is 19.3 Å². The van der Waals surface area contributed by atoms with Crippen molar-refractivity contribution in [2.45, 2.75) is 85.3 Å². The predicted molar refractivity (Wildman–Crippen MR) is 177 cm³/mol. The van der Waals surface area contributed by atoms with Gasteiger partial charge in [0.25, 0.3) is 0 Å². The molecule has 3 fully saturated rings. The number of hydrogen-bond acceptors (Lipinski definition) is 7. The van der Waals surface area contributed by atoms with Gasteiger partial charge in [0.05, 0.1) is 25.3 Å². The Bertz CT molecular complexity index is 1540. The summed E-state index contributed by atoms with van der Waals surface area (Å²) in [5.74, 6) is -1.96. The van der Waals surface area contributed by atoms with E-state index in [1.165, 1.54) is 13.5 Å². The minimum atomic E-state index is -2.47. The second-order valence-electron chi connectivity index (χ2n) is 13.7. The van der Waals surface area contributed by atoms with Crippen molar-refractivity contribution in [3.63, 3.8) is 0 Å². The van der Waals surface area contributed by atoms with Crippen molar-refractivity contribution in [1.82, 2.24) is 9.47 Å². The molecule has 1 aromatic heterocycles. The van der Waals surface area contributed by atoms with Crippen LogP contribution in [0.15, 0.2) is 42.6 Å². The maximum absolute atomic E-state index is 13.4. The molecule has 6 rings (SSSR count). The van der Waals surface area contributed by atoms with Gasteiger partial charge in [0.15, 0.2) is 0 Å². The van der Waals surface area contributed by atoms with Crippen LogP contribution >= 0.6 is 0 Å². The number of fused-ring (bicyclic) bond motifs is 1. The fourth-order valence-corrected chi connectivity index (χ4v) is 6.70. The molecule has 2 aromatic carbocycles. The van der Waals surface area contributed by atoms with Gasteiger partial charge in [-0.15, -0.1) is 0 Å². The van der Waals surface area contributed by atoms with Gasteiger partial charge >= 0.3 is 12.1 Å². The van der Waals surface area contributed by atoms with E-state index in [9.17, 15) is 18.4 Å². The molecule has 10 heteroatoms. The molecule has 46 heavy (non-hydrogen) atoms. The molecule has 0 unspecified atom stereocenters. The number of carbonyl (C=O) groups is 2. The number of piperidine rings is 1. The maximum Gasteiger partial charge on any atom is 0.419 e. The van der Waals surface area contributed by atoms with Crippen molar-refractivity contribution in [1.29, 1.82) is 0 Å². The Kier molecular flexibility index (Phi) is 10.4. The maximum atomic E-state index is 13.4. The standard InChI is InChI=1S/C24H32F2N2O3.C11H13NO2.CH4/c1-16-12-19(30-5)18(13-27-10-7-23(8-11-27)14-24(25,26)15-23)17-6-9-28(20(16)17)21(29)31-22(2,3)4;1-14-11(13)9-4-2-5-10(8-9)12-6-3-7-12;/h6,9,12H,7-8,10-11,13-15H2,1-5H3;2,4-5,8H,3,6-7H2,1H3;1H4. The van der Waals surface area contributed by atoms with E-state index in [0.717, 1.165) is 72.5 Å². The van der Waals surface area contributed by atoms with Gasteiger partial charge in [-0.2, -0.15) is 0 Å². The number of benzene rings is 2.